The Morgan fingerprint density at radius 1 is 1.25 bits per heavy atom. The van der Waals surface area contributed by atoms with E-state index in [-0.39, 0.29) is 18.2 Å². The molecule has 0 saturated carbocycles. The summed E-state index contributed by atoms with van der Waals surface area (Å²) in [6, 6.07) is 0. The molecule has 4 nitrogen and oxygen atoms in total. The highest BCUT2D eigenvalue weighted by Crippen LogP contribution is 2.12. The Kier molecular flexibility index (Phi) is 5.66. The molecule has 0 aromatic heterocycles. The van der Waals surface area contributed by atoms with Crippen molar-refractivity contribution in [2.24, 2.45) is 5.92 Å². The summed E-state index contributed by atoms with van der Waals surface area (Å²) in [7, 11) is 4.45. The van der Waals surface area contributed by atoms with Gasteiger partial charge in [0, 0.05) is 20.1 Å². The van der Waals surface area contributed by atoms with E-state index in [0.29, 0.717) is 6.42 Å². The van der Waals surface area contributed by atoms with Crippen molar-refractivity contribution >= 4 is 5.97 Å². The first kappa shape index (κ1) is 11.4. The van der Waals surface area contributed by atoms with Crippen LogP contribution >= 0.6 is 0 Å². The lowest BCUT2D eigenvalue weighted by molar-refractivity contribution is -0.155. The Labute approximate surface area is 72.8 Å². The molecule has 0 aliphatic rings. The van der Waals surface area contributed by atoms with Crippen molar-refractivity contribution < 1.29 is 19.0 Å². The van der Waals surface area contributed by atoms with Gasteiger partial charge < -0.3 is 14.2 Å². The monoisotopic (exact) mass is 176 g/mol. The normalized spacial score (nSPS) is 13.1. The van der Waals surface area contributed by atoms with E-state index in [1.165, 1.54) is 7.11 Å². The molecule has 0 radical (unpaired) electrons. The van der Waals surface area contributed by atoms with Gasteiger partial charge in [-0.1, -0.05) is 6.92 Å². The molecule has 4 heteroatoms. The minimum Gasteiger partial charge on any atom is -0.469 e. The minimum absolute atomic E-state index is 0.00690. The lowest BCUT2D eigenvalue weighted by atomic mass is 10.1. The zero-order valence-corrected chi connectivity index (χ0v) is 7.99. The number of methoxy groups -OCH3 is 3. The summed E-state index contributed by atoms with van der Waals surface area (Å²) in [5.74, 6) is -0.242. The molecule has 0 fully saturated rings. The largest absolute Gasteiger partial charge is 0.469 e. The van der Waals surface area contributed by atoms with Gasteiger partial charge in [0.1, 0.15) is 0 Å². The predicted molar refractivity (Wildman–Crippen MR) is 43.6 cm³/mol. The Hall–Kier alpha value is -0.610. The zero-order chi connectivity index (χ0) is 9.56. The summed E-state index contributed by atoms with van der Waals surface area (Å²) < 4.78 is 14.5. The van der Waals surface area contributed by atoms with Gasteiger partial charge in [0.05, 0.1) is 13.5 Å². The van der Waals surface area contributed by atoms with E-state index < -0.39 is 0 Å². The van der Waals surface area contributed by atoms with Gasteiger partial charge in [-0.05, 0) is 0 Å². The van der Waals surface area contributed by atoms with Crippen LogP contribution in [-0.2, 0) is 19.0 Å². The lowest BCUT2D eigenvalue weighted by Crippen LogP contribution is -2.25. The van der Waals surface area contributed by atoms with Gasteiger partial charge in [0.15, 0.2) is 6.29 Å². The standard InChI is InChI=1S/C8H16O4/c1-6(5-7(9)10-2)8(11-3)12-4/h6,8H,5H2,1-4H3. The average Bonchev–Trinajstić information content (AvgIpc) is 2.06. The molecule has 0 aliphatic heterocycles. The Bertz CT molecular complexity index is 131. The first-order chi connectivity index (χ1) is 5.65. The number of esters is 1. The maximum Gasteiger partial charge on any atom is 0.305 e. The maximum atomic E-state index is 10.8. The highest BCUT2D eigenvalue weighted by atomic mass is 16.7. The smallest absolute Gasteiger partial charge is 0.305 e. The molecule has 0 aromatic carbocycles. The molecular formula is C8H16O4. The average molecular weight is 176 g/mol. The molecular weight excluding hydrogens is 160 g/mol. The van der Waals surface area contributed by atoms with Crippen molar-refractivity contribution in [2.75, 3.05) is 21.3 Å². The fourth-order valence-corrected chi connectivity index (χ4v) is 1.00. The van der Waals surface area contributed by atoms with Crippen molar-refractivity contribution in [1.82, 2.24) is 0 Å². The summed E-state index contributed by atoms with van der Waals surface area (Å²) in [5, 5.41) is 0. The first-order valence-electron chi connectivity index (χ1n) is 3.78. The van der Waals surface area contributed by atoms with E-state index in [2.05, 4.69) is 4.74 Å². The van der Waals surface area contributed by atoms with Crippen LogP contribution in [0.2, 0.25) is 0 Å². The van der Waals surface area contributed by atoms with Gasteiger partial charge in [0.25, 0.3) is 0 Å². The fourth-order valence-electron chi connectivity index (χ4n) is 1.00. The highest BCUT2D eigenvalue weighted by molar-refractivity contribution is 5.69. The van der Waals surface area contributed by atoms with Crippen LogP contribution in [0.25, 0.3) is 0 Å². The summed E-state index contributed by atoms with van der Waals surface area (Å²) in [6.07, 6.45) is -0.0350. The molecule has 0 saturated heterocycles. The van der Waals surface area contributed by atoms with E-state index in [0.717, 1.165) is 0 Å². The molecule has 0 aromatic rings. The number of hydrogen-bond donors (Lipinski definition) is 0. The summed E-state index contributed by atoms with van der Waals surface area (Å²) >= 11 is 0. The molecule has 0 spiro atoms. The molecule has 1 unspecified atom stereocenters. The SMILES string of the molecule is COC(=O)CC(C)C(OC)OC. The second-order valence-electron chi connectivity index (χ2n) is 2.60. The molecule has 0 bridgehead atoms. The van der Waals surface area contributed by atoms with E-state index in [4.69, 9.17) is 9.47 Å². The van der Waals surface area contributed by atoms with Crippen LogP contribution in [0, 0.1) is 5.92 Å². The third-order valence-corrected chi connectivity index (χ3v) is 1.65. The van der Waals surface area contributed by atoms with Crippen molar-refractivity contribution in [2.45, 2.75) is 19.6 Å². The molecule has 12 heavy (non-hydrogen) atoms. The maximum absolute atomic E-state index is 10.8. The second-order valence-corrected chi connectivity index (χ2v) is 2.60. The lowest BCUT2D eigenvalue weighted by Gasteiger charge is -2.19. The van der Waals surface area contributed by atoms with Gasteiger partial charge in [-0.3, -0.25) is 4.79 Å². The van der Waals surface area contributed by atoms with Gasteiger partial charge in [-0.25, -0.2) is 0 Å². The Morgan fingerprint density at radius 3 is 2.08 bits per heavy atom. The van der Waals surface area contributed by atoms with Crippen LogP contribution in [0.15, 0.2) is 0 Å². The summed E-state index contributed by atoms with van der Waals surface area (Å²) in [5.41, 5.74) is 0. The van der Waals surface area contributed by atoms with E-state index in [1.807, 2.05) is 6.92 Å². The molecule has 0 heterocycles. The van der Waals surface area contributed by atoms with Gasteiger partial charge in [0.2, 0.25) is 0 Å². The molecule has 0 amide bonds. The summed E-state index contributed by atoms with van der Waals surface area (Å²) in [4.78, 5) is 10.8. The number of carbonyl (C=O) groups is 1. The van der Waals surface area contributed by atoms with Crippen LogP contribution in [0.4, 0.5) is 0 Å². The number of rotatable bonds is 5. The summed E-state index contributed by atoms with van der Waals surface area (Å²) in [6.45, 7) is 1.87. The minimum atomic E-state index is -0.343. The zero-order valence-electron chi connectivity index (χ0n) is 7.99. The third kappa shape index (κ3) is 3.69. The van der Waals surface area contributed by atoms with E-state index in [9.17, 15) is 4.79 Å². The van der Waals surface area contributed by atoms with Crippen LogP contribution < -0.4 is 0 Å². The topological polar surface area (TPSA) is 44.8 Å². The van der Waals surface area contributed by atoms with Crippen molar-refractivity contribution in [3.05, 3.63) is 0 Å². The van der Waals surface area contributed by atoms with Gasteiger partial charge in [-0.15, -0.1) is 0 Å². The highest BCUT2D eigenvalue weighted by Gasteiger charge is 2.19. The second kappa shape index (κ2) is 5.97. The van der Waals surface area contributed by atoms with Gasteiger partial charge in [-0.2, -0.15) is 0 Å². The number of carbonyl (C=O) groups excluding carboxylic acids is 1. The van der Waals surface area contributed by atoms with E-state index >= 15 is 0 Å². The Morgan fingerprint density at radius 2 is 1.75 bits per heavy atom. The molecule has 0 aliphatic carbocycles. The van der Waals surface area contributed by atoms with Crippen molar-refractivity contribution in [3.8, 4) is 0 Å². The fraction of sp³-hybridized carbons (Fsp3) is 0.875. The molecule has 72 valence electrons. The van der Waals surface area contributed by atoms with Crippen LogP contribution in [0.3, 0.4) is 0 Å². The van der Waals surface area contributed by atoms with Crippen LogP contribution in [0.5, 0.6) is 0 Å². The van der Waals surface area contributed by atoms with Crippen LogP contribution in [-0.4, -0.2) is 33.6 Å². The quantitative estimate of drug-likeness (QED) is 0.459. The number of ether oxygens (including phenoxy) is 3. The first-order valence-corrected chi connectivity index (χ1v) is 3.78. The molecule has 0 rings (SSSR count). The number of hydrogen-bond acceptors (Lipinski definition) is 4. The Balaban J connectivity index is 3.83. The molecule has 1 atom stereocenters. The van der Waals surface area contributed by atoms with Gasteiger partial charge >= 0.3 is 5.97 Å². The predicted octanol–water partition coefficient (Wildman–Crippen LogP) is 0.804. The van der Waals surface area contributed by atoms with Crippen molar-refractivity contribution in [1.29, 1.82) is 0 Å². The van der Waals surface area contributed by atoms with E-state index in [1.54, 1.807) is 14.2 Å². The third-order valence-electron chi connectivity index (χ3n) is 1.65. The van der Waals surface area contributed by atoms with Crippen molar-refractivity contribution in [3.63, 3.8) is 0 Å². The van der Waals surface area contributed by atoms with Crippen LogP contribution in [0.1, 0.15) is 13.3 Å². The molecule has 0 N–H and O–H groups in total.